The number of rotatable bonds is 6. The summed E-state index contributed by atoms with van der Waals surface area (Å²) in [5.74, 6) is 1.81. The van der Waals surface area contributed by atoms with E-state index in [1.807, 2.05) is 42.1 Å². The lowest BCUT2D eigenvalue weighted by Crippen LogP contribution is -2.38. The molecule has 0 aromatic carbocycles. The fourth-order valence-corrected chi connectivity index (χ4v) is 3.18. The van der Waals surface area contributed by atoms with Crippen LogP contribution in [-0.4, -0.2) is 64.4 Å². The maximum atomic E-state index is 12.4. The third-order valence-corrected chi connectivity index (χ3v) is 4.54. The Morgan fingerprint density at radius 2 is 2.15 bits per heavy atom. The van der Waals surface area contributed by atoms with E-state index in [1.165, 1.54) is 5.56 Å². The molecule has 1 N–H and O–H groups in total. The van der Waals surface area contributed by atoms with Gasteiger partial charge in [0.15, 0.2) is 0 Å². The molecule has 0 aliphatic carbocycles. The van der Waals surface area contributed by atoms with Gasteiger partial charge >= 0.3 is 0 Å². The molecule has 1 amide bonds. The van der Waals surface area contributed by atoms with Crippen LogP contribution in [0.5, 0.6) is 0 Å². The molecular weight excluding hydrogens is 340 g/mol. The molecule has 0 spiro atoms. The number of carbonyl (C=O) groups excluding carboxylic acids is 1. The van der Waals surface area contributed by atoms with Crippen LogP contribution in [0.4, 0.5) is 11.6 Å². The van der Waals surface area contributed by atoms with Gasteiger partial charge < -0.3 is 15.1 Å². The maximum absolute atomic E-state index is 12.4. The minimum Gasteiger partial charge on any atom is -0.339 e. The molecule has 0 saturated carbocycles. The monoisotopic (exact) mass is 366 g/mol. The summed E-state index contributed by atoms with van der Waals surface area (Å²) in [6, 6.07) is 4.07. The predicted molar refractivity (Wildman–Crippen MR) is 106 cm³/mol. The van der Waals surface area contributed by atoms with Crippen molar-refractivity contribution in [3.05, 3.63) is 54.6 Å². The average Bonchev–Trinajstić information content (AvgIpc) is 2.69. The second-order valence-corrected chi connectivity index (χ2v) is 6.98. The Balaban J connectivity index is 1.64. The first-order chi connectivity index (χ1) is 13.1. The van der Waals surface area contributed by atoms with Crippen LogP contribution in [0.3, 0.4) is 0 Å². The zero-order valence-corrected chi connectivity index (χ0v) is 15.9. The topological polar surface area (TPSA) is 74.2 Å². The van der Waals surface area contributed by atoms with Gasteiger partial charge in [0, 0.05) is 50.2 Å². The van der Waals surface area contributed by atoms with Crippen LogP contribution in [0.25, 0.3) is 0 Å². The van der Waals surface area contributed by atoms with E-state index in [1.54, 1.807) is 30.9 Å². The van der Waals surface area contributed by atoms with Gasteiger partial charge in [-0.1, -0.05) is 6.08 Å². The largest absolute Gasteiger partial charge is 0.339 e. The number of likely N-dealkylation sites (N-methyl/N-ethyl adjacent to an activating group) is 1. The van der Waals surface area contributed by atoms with Crippen molar-refractivity contribution >= 4 is 17.5 Å². The van der Waals surface area contributed by atoms with Crippen molar-refractivity contribution < 1.29 is 4.79 Å². The highest BCUT2D eigenvalue weighted by Crippen LogP contribution is 2.28. The fraction of sp³-hybridized carbons (Fsp3) is 0.400. The SMILES string of the molecule is CN(C)C/C=C/C(=O)N1CCC[C@H](c2ccnc(Nc3cnccn3)c2)C1. The molecule has 1 atom stereocenters. The van der Waals surface area contributed by atoms with Gasteiger partial charge in [0.1, 0.15) is 11.6 Å². The molecule has 0 radical (unpaired) electrons. The number of aromatic nitrogens is 3. The molecule has 27 heavy (non-hydrogen) atoms. The number of pyridine rings is 1. The number of nitrogens with one attached hydrogen (secondary N) is 1. The summed E-state index contributed by atoms with van der Waals surface area (Å²) in [4.78, 5) is 29.1. The Kier molecular flexibility index (Phi) is 6.49. The van der Waals surface area contributed by atoms with Gasteiger partial charge in [-0.25, -0.2) is 9.97 Å². The standard InChI is InChI=1S/C20H26N6O/c1-25(2)11-4-6-20(27)26-12-3-5-17(15-26)16-7-8-22-18(13-16)24-19-14-21-9-10-23-19/h4,6-10,13-14,17H,3,5,11-12,15H2,1-2H3,(H,22,23,24)/b6-4+/t17-/m0/s1. The smallest absolute Gasteiger partial charge is 0.246 e. The first-order valence-electron chi connectivity index (χ1n) is 9.21. The maximum Gasteiger partial charge on any atom is 0.246 e. The Hall–Kier alpha value is -2.80. The third-order valence-electron chi connectivity index (χ3n) is 4.54. The summed E-state index contributed by atoms with van der Waals surface area (Å²) >= 11 is 0. The molecule has 1 saturated heterocycles. The highest BCUT2D eigenvalue weighted by Gasteiger charge is 2.24. The third kappa shape index (κ3) is 5.59. The van der Waals surface area contributed by atoms with Crippen molar-refractivity contribution in [2.75, 3.05) is 39.0 Å². The van der Waals surface area contributed by atoms with Gasteiger partial charge in [-0.2, -0.15) is 0 Å². The summed E-state index contributed by atoms with van der Waals surface area (Å²) in [5.41, 5.74) is 1.19. The molecule has 0 bridgehead atoms. The summed E-state index contributed by atoms with van der Waals surface area (Å²) in [6.07, 6.45) is 12.4. The second-order valence-electron chi connectivity index (χ2n) is 6.98. The Morgan fingerprint density at radius 3 is 2.93 bits per heavy atom. The fourth-order valence-electron chi connectivity index (χ4n) is 3.18. The summed E-state index contributed by atoms with van der Waals surface area (Å²) in [5, 5.41) is 3.17. The second kappa shape index (κ2) is 9.23. The van der Waals surface area contributed by atoms with Crippen LogP contribution in [0.15, 0.2) is 49.1 Å². The summed E-state index contributed by atoms with van der Waals surface area (Å²) in [7, 11) is 3.98. The van der Waals surface area contributed by atoms with Gasteiger partial charge in [-0.3, -0.25) is 9.78 Å². The van der Waals surface area contributed by atoms with E-state index in [0.717, 1.165) is 38.3 Å². The van der Waals surface area contributed by atoms with E-state index in [-0.39, 0.29) is 5.91 Å². The van der Waals surface area contributed by atoms with Gasteiger partial charge in [0.2, 0.25) is 5.91 Å². The average molecular weight is 366 g/mol. The van der Waals surface area contributed by atoms with Crippen LogP contribution >= 0.6 is 0 Å². The molecule has 0 unspecified atom stereocenters. The summed E-state index contributed by atoms with van der Waals surface area (Å²) < 4.78 is 0. The van der Waals surface area contributed by atoms with E-state index in [9.17, 15) is 4.79 Å². The molecule has 1 aliphatic heterocycles. The number of hydrogen-bond acceptors (Lipinski definition) is 6. The molecule has 7 heteroatoms. The molecule has 3 rings (SSSR count). The van der Waals surface area contributed by atoms with Crippen molar-refractivity contribution in [2.24, 2.45) is 0 Å². The van der Waals surface area contributed by atoms with E-state index in [0.29, 0.717) is 11.7 Å². The minimum atomic E-state index is 0.0912. The lowest BCUT2D eigenvalue weighted by molar-refractivity contribution is -0.127. The molecule has 2 aromatic heterocycles. The van der Waals surface area contributed by atoms with Crippen molar-refractivity contribution in [3.8, 4) is 0 Å². The number of nitrogens with zero attached hydrogens (tertiary/aromatic N) is 5. The zero-order chi connectivity index (χ0) is 19.1. The van der Waals surface area contributed by atoms with Crippen LogP contribution in [0, 0.1) is 0 Å². The predicted octanol–water partition coefficient (Wildman–Crippen LogP) is 2.44. The number of amides is 1. The molecule has 1 aliphatic rings. The van der Waals surface area contributed by atoms with Crippen LogP contribution in [0.2, 0.25) is 0 Å². The lowest BCUT2D eigenvalue weighted by atomic mass is 9.91. The molecule has 3 heterocycles. The number of piperidine rings is 1. The Labute approximate surface area is 160 Å². The van der Waals surface area contributed by atoms with Gasteiger partial charge in [-0.05, 0) is 44.6 Å². The summed E-state index contributed by atoms with van der Waals surface area (Å²) in [6.45, 7) is 2.32. The van der Waals surface area contributed by atoms with E-state index in [4.69, 9.17) is 0 Å². The Morgan fingerprint density at radius 1 is 1.30 bits per heavy atom. The van der Waals surface area contributed by atoms with Crippen LogP contribution < -0.4 is 5.32 Å². The van der Waals surface area contributed by atoms with Crippen molar-refractivity contribution in [1.29, 1.82) is 0 Å². The molecule has 2 aromatic rings. The zero-order valence-electron chi connectivity index (χ0n) is 15.9. The molecule has 142 valence electrons. The molecular formula is C20H26N6O. The van der Waals surface area contributed by atoms with Crippen molar-refractivity contribution in [1.82, 2.24) is 24.8 Å². The lowest BCUT2D eigenvalue weighted by Gasteiger charge is -2.32. The normalized spacial score (nSPS) is 17.4. The first-order valence-corrected chi connectivity index (χ1v) is 9.21. The van der Waals surface area contributed by atoms with Crippen LogP contribution in [-0.2, 0) is 4.79 Å². The van der Waals surface area contributed by atoms with Crippen molar-refractivity contribution in [3.63, 3.8) is 0 Å². The van der Waals surface area contributed by atoms with Gasteiger partial charge in [0.25, 0.3) is 0 Å². The number of hydrogen-bond donors (Lipinski definition) is 1. The Bertz CT molecular complexity index is 777. The minimum absolute atomic E-state index is 0.0912. The highest BCUT2D eigenvalue weighted by molar-refractivity contribution is 5.87. The van der Waals surface area contributed by atoms with Crippen LogP contribution in [0.1, 0.15) is 24.3 Å². The quantitative estimate of drug-likeness (QED) is 0.792. The number of anilines is 2. The van der Waals surface area contributed by atoms with Crippen molar-refractivity contribution in [2.45, 2.75) is 18.8 Å². The van der Waals surface area contributed by atoms with E-state index in [2.05, 4.69) is 20.3 Å². The number of likely N-dealkylation sites (tertiary alicyclic amines) is 1. The molecule has 1 fully saturated rings. The van der Waals surface area contributed by atoms with E-state index >= 15 is 0 Å². The number of carbonyl (C=O) groups is 1. The first kappa shape index (κ1) is 19.0. The van der Waals surface area contributed by atoms with Gasteiger partial charge in [0.05, 0.1) is 6.20 Å². The van der Waals surface area contributed by atoms with Gasteiger partial charge in [-0.15, -0.1) is 0 Å². The van der Waals surface area contributed by atoms with E-state index < -0.39 is 0 Å². The highest BCUT2D eigenvalue weighted by atomic mass is 16.2. The molecule has 7 nitrogen and oxygen atoms in total.